The first-order chi connectivity index (χ1) is 11.0. The number of rotatable bonds is 4. The van der Waals surface area contributed by atoms with Gasteiger partial charge in [0.2, 0.25) is 5.91 Å². The minimum absolute atomic E-state index is 0.0302. The molecular formula is C17H22N2O4. The van der Waals surface area contributed by atoms with Gasteiger partial charge in [-0.25, -0.2) is 5.48 Å². The minimum atomic E-state index is -0.694. The van der Waals surface area contributed by atoms with Crippen LogP contribution in [0.25, 0.3) is 0 Å². The Bertz CT molecular complexity index is 639. The summed E-state index contributed by atoms with van der Waals surface area (Å²) < 4.78 is 5.13. The van der Waals surface area contributed by atoms with E-state index in [2.05, 4.69) is 5.32 Å². The van der Waals surface area contributed by atoms with Crippen LogP contribution >= 0.6 is 0 Å². The lowest BCUT2D eigenvalue weighted by atomic mass is 9.75. The maximum atomic E-state index is 12.9. The number of hydrogen-bond donors (Lipinski definition) is 3. The van der Waals surface area contributed by atoms with E-state index in [1.807, 2.05) is 6.92 Å². The van der Waals surface area contributed by atoms with Crippen molar-refractivity contribution < 1.29 is 19.2 Å². The Morgan fingerprint density at radius 3 is 2.65 bits per heavy atom. The van der Waals surface area contributed by atoms with Crippen molar-refractivity contribution >= 4 is 11.8 Å². The predicted octanol–water partition coefficient (Wildman–Crippen LogP) is 2.40. The van der Waals surface area contributed by atoms with Crippen molar-refractivity contribution in [1.29, 1.82) is 0 Å². The molecule has 5 rings (SSSR count). The van der Waals surface area contributed by atoms with Gasteiger partial charge in [-0.15, -0.1) is 0 Å². The molecule has 1 heterocycles. The molecule has 3 N–H and O–H groups in total. The van der Waals surface area contributed by atoms with Crippen LogP contribution in [0, 0.1) is 23.2 Å². The zero-order chi connectivity index (χ0) is 16.2. The molecule has 0 spiro atoms. The maximum Gasteiger partial charge on any atom is 0.310 e. The Morgan fingerprint density at radius 1 is 1.30 bits per heavy atom. The lowest BCUT2D eigenvalue weighted by Gasteiger charge is -2.32. The summed E-state index contributed by atoms with van der Waals surface area (Å²) in [6.07, 6.45) is 7.26. The summed E-state index contributed by atoms with van der Waals surface area (Å²) in [5.41, 5.74) is 2.11. The van der Waals surface area contributed by atoms with E-state index < -0.39 is 5.91 Å². The third-order valence-corrected chi connectivity index (χ3v) is 6.23. The highest BCUT2D eigenvalue weighted by molar-refractivity contribution is 5.90. The van der Waals surface area contributed by atoms with E-state index in [4.69, 9.17) is 9.62 Å². The molecule has 1 aromatic rings. The van der Waals surface area contributed by atoms with Crippen LogP contribution in [0.3, 0.4) is 0 Å². The van der Waals surface area contributed by atoms with Gasteiger partial charge in [0, 0.05) is 5.56 Å². The van der Waals surface area contributed by atoms with Crippen molar-refractivity contribution in [3.8, 4) is 0 Å². The molecule has 0 aromatic carbocycles. The average molecular weight is 318 g/mol. The summed E-state index contributed by atoms with van der Waals surface area (Å²) in [5.74, 6) is 1.53. The van der Waals surface area contributed by atoms with Gasteiger partial charge in [-0.1, -0.05) is 0 Å². The number of nitrogens with one attached hydrogen (secondary N) is 2. The molecule has 4 aliphatic rings. The average Bonchev–Trinajstić information content (AvgIpc) is 3.17. The van der Waals surface area contributed by atoms with E-state index in [9.17, 15) is 9.59 Å². The summed E-state index contributed by atoms with van der Waals surface area (Å²) >= 11 is 0. The van der Waals surface area contributed by atoms with E-state index in [1.54, 1.807) is 6.07 Å². The van der Waals surface area contributed by atoms with Crippen molar-refractivity contribution in [3.05, 3.63) is 23.7 Å². The van der Waals surface area contributed by atoms with Gasteiger partial charge < -0.3 is 9.73 Å². The SMILES string of the molecule is CC(NC(=O)C12CC3CC(CC1C3)C2)c1coc(C(=O)NO)c1. The fourth-order valence-corrected chi connectivity index (χ4v) is 5.34. The predicted molar refractivity (Wildman–Crippen MR) is 80.5 cm³/mol. The van der Waals surface area contributed by atoms with Gasteiger partial charge in [-0.05, 0) is 62.8 Å². The van der Waals surface area contributed by atoms with Gasteiger partial charge >= 0.3 is 5.91 Å². The Balaban J connectivity index is 1.47. The number of hydroxylamine groups is 1. The molecule has 23 heavy (non-hydrogen) atoms. The molecule has 0 aliphatic heterocycles. The summed E-state index contributed by atoms with van der Waals surface area (Å²) in [4.78, 5) is 24.3. The third kappa shape index (κ3) is 2.19. The fraction of sp³-hybridized carbons (Fsp3) is 0.647. The number of carbonyl (C=O) groups excluding carboxylic acids is 2. The van der Waals surface area contributed by atoms with Crippen LogP contribution in [0.2, 0.25) is 0 Å². The van der Waals surface area contributed by atoms with Crippen molar-refractivity contribution in [2.75, 3.05) is 0 Å². The lowest BCUT2D eigenvalue weighted by Crippen LogP contribution is -2.42. The zero-order valence-electron chi connectivity index (χ0n) is 13.2. The monoisotopic (exact) mass is 318 g/mol. The first-order valence-electron chi connectivity index (χ1n) is 8.35. The van der Waals surface area contributed by atoms with Crippen molar-refractivity contribution in [1.82, 2.24) is 10.8 Å². The number of carbonyl (C=O) groups is 2. The number of furan rings is 1. The summed E-state index contributed by atoms with van der Waals surface area (Å²) in [5, 5.41) is 11.7. The van der Waals surface area contributed by atoms with Gasteiger partial charge in [0.15, 0.2) is 5.76 Å². The highest BCUT2D eigenvalue weighted by Gasteiger charge is 2.61. The van der Waals surface area contributed by atoms with Gasteiger partial charge in [0.1, 0.15) is 0 Å². The van der Waals surface area contributed by atoms with E-state index in [-0.39, 0.29) is 23.1 Å². The molecule has 2 amide bonds. The van der Waals surface area contributed by atoms with E-state index in [1.165, 1.54) is 31.0 Å². The Labute approximate surface area is 134 Å². The molecule has 0 radical (unpaired) electrons. The maximum absolute atomic E-state index is 12.9. The standard InChI is InChI=1S/C17H22N2O4/c1-9(12-5-14(23-8-12)15(20)19-22)18-16(21)17-6-10-2-11(7-17)4-13(17)3-10/h5,8-11,13,22H,2-4,6-7H2,1H3,(H,18,21)(H,19,20). The molecule has 1 aromatic heterocycles. The largest absolute Gasteiger partial charge is 0.459 e. The molecule has 124 valence electrons. The zero-order valence-corrected chi connectivity index (χ0v) is 13.2. The van der Waals surface area contributed by atoms with Crippen LogP contribution in [0.4, 0.5) is 0 Å². The highest BCUT2D eigenvalue weighted by atomic mass is 16.5. The smallest absolute Gasteiger partial charge is 0.310 e. The molecule has 0 saturated heterocycles. The number of hydrogen-bond acceptors (Lipinski definition) is 4. The van der Waals surface area contributed by atoms with Crippen LogP contribution in [0.1, 0.15) is 61.2 Å². The molecule has 6 heteroatoms. The van der Waals surface area contributed by atoms with Gasteiger partial charge in [0.25, 0.3) is 0 Å². The lowest BCUT2D eigenvalue weighted by molar-refractivity contribution is -0.133. The van der Waals surface area contributed by atoms with Crippen molar-refractivity contribution in [3.63, 3.8) is 0 Å². The molecule has 4 bridgehead atoms. The summed E-state index contributed by atoms with van der Waals surface area (Å²) in [7, 11) is 0. The topological polar surface area (TPSA) is 91.6 Å². The molecule has 4 saturated carbocycles. The molecular weight excluding hydrogens is 296 g/mol. The highest BCUT2D eigenvalue weighted by Crippen LogP contribution is 2.65. The minimum Gasteiger partial charge on any atom is -0.459 e. The molecule has 6 nitrogen and oxygen atoms in total. The van der Waals surface area contributed by atoms with Crippen molar-refractivity contribution in [2.45, 2.75) is 45.1 Å². The first kappa shape index (κ1) is 14.8. The molecule has 3 atom stereocenters. The van der Waals surface area contributed by atoms with Crippen molar-refractivity contribution in [2.24, 2.45) is 23.2 Å². The molecule has 3 unspecified atom stereocenters. The van der Waals surface area contributed by atoms with Gasteiger partial charge in [-0.2, -0.15) is 0 Å². The molecule has 4 fully saturated rings. The second kappa shape index (κ2) is 5.09. The third-order valence-electron chi connectivity index (χ3n) is 6.23. The first-order valence-corrected chi connectivity index (χ1v) is 8.35. The van der Waals surface area contributed by atoms with E-state index in [0.29, 0.717) is 5.92 Å². The van der Waals surface area contributed by atoms with E-state index >= 15 is 0 Å². The van der Waals surface area contributed by atoms with Crippen LogP contribution in [-0.2, 0) is 4.79 Å². The summed E-state index contributed by atoms with van der Waals surface area (Å²) in [6.45, 7) is 1.89. The second-order valence-electron chi connectivity index (χ2n) is 7.58. The molecule has 4 aliphatic carbocycles. The van der Waals surface area contributed by atoms with Crippen LogP contribution < -0.4 is 10.8 Å². The quantitative estimate of drug-likeness (QED) is 0.587. The fourth-order valence-electron chi connectivity index (χ4n) is 5.34. The van der Waals surface area contributed by atoms with Crippen LogP contribution in [-0.4, -0.2) is 17.0 Å². The van der Waals surface area contributed by atoms with E-state index in [0.717, 1.165) is 30.2 Å². The summed E-state index contributed by atoms with van der Waals surface area (Å²) in [6, 6.07) is 1.32. The normalized spacial score (nSPS) is 35.3. The number of amides is 2. The Kier molecular flexibility index (Phi) is 3.27. The van der Waals surface area contributed by atoms with Crippen LogP contribution in [0.15, 0.2) is 16.7 Å². The Morgan fingerprint density at radius 2 is 2.00 bits per heavy atom. The van der Waals surface area contributed by atoms with Gasteiger partial charge in [-0.3, -0.25) is 14.8 Å². The van der Waals surface area contributed by atoms with Gasteiger partial charge in [0.05, 0.1) is 17.7 Å². The second-order valence-corrected chi connectivity index (χ2v) is 7.58. The van der Waals surface area contributed by atoms with Crippen LogP contribution in [0.5, 0.6) is 0 Å². The Hall–Kier alpha value is -1.82.